The lowest BCUT2D eigenvalue weighted by atomic mass is 10.2. The minimum absolute atomic E-state index is 0.207. The molecule has 7 heteroatoms. The summed E-state index contributed by atoms with van der Waals surface area (Å²) in [5, 5.41) is 22.0. The standard InChI is InChI=1S/C13H17N3O2S2/c1-9-16-11(8-20-9)2-4-14-13(18)15-6-12(17)10-3-5-19-7-10/h3,5,7-8,12,17H,2,4,6H2,1H3,(H2,14,15,18). The lowest BCUT2D eigenvalue weighted by molar-refractivity contribution is 0.173. The highest BCUT2D eigenvalue weighted by Crippen LogP contribution is 2.14. The second kappa shape index (κ2) is 7.37. The number of hydrogen-bond acceptors (Lipinski definition) is 5. The fourth-order valence-corrected chi connectivity index (χ4v) is 3.02. The average Bonchev–Trinajstić information content (AvgIpc) is 3.07. The Hall–Kier alpha value is -1.44. The first-order valence-electron chi connectivity index (χ1n) is 6.28. The summed E-state index contributed by atoms with van der Waals surface area (Å²) in [6.07, 6.45) is 0.0541. The first kappa shape index (κ1) is 15.0. The van der Waals surface area contributed by atoms with Crippen molar-refractivity contribution in [3.63, 3.8) is 0 Å². The van der Waals surface area contributed by atoms with Gasteiger partial charge in [-0.05, 0) is 29.3 Å². The zero-order valence-corrected chi connectivity index (χ0v) is 12.8. The van der Waals surface area contributed by atoms with Gasteiger partial charge in [-0.15, -0.1) is 11.3 Å². The minimum atomic E-state index is -0.659. The van der Waals surface area contributed by atoms with Crippen molar-refractivity contribution in [1.29, 1.82) is 0 Å². The molecule has 20 heavy (non-hydrogen) atoms. The summed E-state index contributed by atoms with van der Waals surface area (Å²) >= 11 is 3.13. The number of thiophene rings is 1. The smallest absolute Gasteiger partial charge is 0.314 e. The molecule has 0 radical (unpaired) electrons. The molecule has 2 aromatic rings. The fourth-order valence-electron chi connectivity index (χ4n) is 1.66. The van der Waals surface area contributed by atoms with Gasteiger partial charge in [0.2, 0.25) is 0 Å². The van der Waals surface area contributed by atoms with Gasteiger partial charge in [0.15, 0.2) is 0 Å². The van der Waals surface area contributed by atoms with Gasteiger partial charge in [0, 0.05) is 24.9 Å². The van der Waals surface area contributed by atoms with E-state index in [4.69, 9.17) is 0 Å². The number of rotatable bonds is 6. The molecule has 0 aromatic carbocycles. The van der Waals surface area contributed by atoms with Crippen LogP contribution in [-0.2, 0) is 6.42 Å². The van der Waals surface area contributed by atoms with E-state index in [2.05, 4.69) is 15.6 Å². The Labute approximate surface area is 125 Å². The van der Waals surface area contributed by atoms with E-state index in [-0.39, 0.29) is 12.6 Å². The zero-order chi connectivity index (χ0) is 14.4. The molecule has 0 aliphatic rings. The van der Waals surface area contributed by atoms with Crippen LogP contribution in [0.3, 0.4) is 0 Å². The predicted molar refractivity (Wildman–Crippen MR) is 81.2 cm³/mol. The summed E-state index contributed by atoms with van der Waals surface area (Å²) < 4.78 is 0. The number of carbonyl (C=O) groups is 1. The Morgan fingerprint density at radius 3 is 2.95 bits per heavy atom. The molecule has 1 atom stereocenters. The summed E-state index contributed by atoms with van der Waals surface area (Å²) in [5.74, 6) is 0. The largest absolute Gasteiger partial charge is 0.387 e. The summed E-state index contributed by atoms with van der Waals surface area (Å²) in [6, 6.07) is 1.57. The van der Waals surface area contributed by atoms with E-state index in [1.807, 2.05) is 29.1 Å². The fraction of sp³-hybridized carbons (Fsp3) is 0.385. The van der Waals surface area contributed by atoms with Crippen LogP contribution in [0.1, 0.15) is 22.4 Å². The van der Waals surface area contributed by atoms with E-state index in [1.165, 1.54) is 11.3 Å². The van der Waals surface area contributed by atoms with Crippen LogP contribution in [0.4, 0.5) is 4.79 Å². The molecule has 108 valence electrons. The van der Waals surface area contributed by atoms with Crippen LogP contribution in [0.25, 0.3) is 0 Å². The third-order valence-electron chi connectivity index (χ3n) is 2.72. The van der Waals surface area contributed by atoms with Gasteiger partial charge in [0.1, 0.15) is 0 Å². The molecule has 2 rings (SSSR count). The second-order valence-corrected chi connectivity index (χ2v) is 6.16. The molecule has 0 aliphatic heterocycles. The average molecular weight is 311 g/mol. The van der Waals surface area contributed by atoms with Crippen molar-refractivity contribution >= 4 is 28.7 Å². The number of thiazole rings is 1. The number of aliphatic hydroxyl groups is 1. The summed E-state index contributed by atoms with van der Waals surface area (Å²) in [5.41, 5.74) is 1.82. The summed E-state index contributed by atoms with van der Waals surface area (Å²) in [4.78, 5) is 15.9. The maximum atomic E-state index is 11.6. The maximum absolute atomic E-state index is 11.6. The Balaban J connectivity index is 1.63. The highest BCUT2D eigenvalue weighted by Gasteiger charge is 2.09. The molecule has 3 N–H and O–H groups in total. The van der Waals surface area contributed by atoms with Crippen molar-refractivity contribution in [1.82, 2.24) is 15.6 Å². The van der Waals surface area contributed by atoms with Crippen LogP contribution in [0, 0.1) is 6.92 Å². The Morgan fingerprint density at radius 2 is 2.30 bits per heavy atom. The molecule has 5 nitrogen and oxygen atoms in total. The second-order valence-electron chi connectivity index (χ2n) is 4.32. The van der Waals surface area contributed by atoms with Crippen molar-refractivity contribution in [3.05, 3.63) is 38.5 Å². The van der Waals surface area contributed by atoms with Gasteiger partial charge in [-0.25, -0.2) is 9.78 Å². The normalized spacial score (nSPS) is 12.1. The molecular weight excluding hydrogens is 294 g/mol. The molecule has 0 bridgehead atoms. The molecule has 2 heterocycles. The highest BCUT2D eigenvalue weighted by molar-refractivity contribution is 7.09. The first-order valence-corrected chi connectivity index (χ1v) is 8.10. The Bertz CT molecular complexity index is 540. The van der Waals surface area contributed by atoms with E-state index in [0.29, 0.717) is 13.0 Å². The maximum Gasteiger partial charge on any atom is 0.314 e. The number of carbonyl (C=O) groups excluding carboxylic acids is 1. The van der Waals surface area contributed by atoms with Crippen LogP contribution in [0.15, 0.2) is 22.2 Å². The van der Waals surface area contributed by atoms with Gasteiger partial charge in [-0.3, -0.25) is 0 Å². The number of nitrogens with zero attached hydrogens (tertiary/aromatic N) is 1. The van der Waals surface area contributed by atoms with E-state index in [1.54, 1.807) is 11.3 Å². The first-order chi connectivity index (χ1) is 9.65. The third kappa shape index (κ3) is 4.59. The monoisotopic (exact) mass is 311 g/mol. The minimum Gasteiger partial charge on any atom is -0.387 e. The van der Waals surface area contributed by atoms with Crippen LogP contribution >= 0.6 is 22.7 Å². The lowest BCUT2D eigenvalue weighted by Gasteiger charge is -2.11. The van der Waals surface area contributed by atoms with Crippen molar-refractivity contribution < 1.29 is 9.90 Å². The highest BCUT2D eigenvalue weighted by atomic mass is 32.1. The number of aryl methyl sites for hydroxylation is 1. The lowest BCUT2D eigenvalue weighted by Crippen LogP contribution is -2.38. The van der Waals surface area contributed by atoms with Gasteiger partial charge in [0.05, 0.1) is 16.8 Å². The van der Waals surface area contributed by atoms with Gasteiger partial charge < -0.3 is 15.7 Å². The number of amides is 2. The molecule has 0 aliphatic carbocycles. The molecule has 2 aromatic heterocycles. The zero-order valence-electron chi connectivity index (χ0n) is 11.1. The van der Waals surface area contributed by atoms with E-state index in [0.717, 1.165) is 16.3 Å². The molecule has 0 saturated carbocycles. The number of hydrogen-bond donors (Lipinski definition) is 3. The van der Waals surface area contributed by atoms with E-state index >= 15 is 0 Å². The van der Waals surface area contributed by atoms with Crippen LogP contribution in [0.2, 0.25) is 0 Å². The molecular formula is C13H17N3O2S2. The Kier molecular flexibility index (Phi) is 5.51. The van der Waals surface area contributed by atoms with Crippen molar-refractivity contribution in [2.75, 3.05) is 13.1 Å². The van der Waals surface area contributed by atoms with Crippen molar-refractivity contribution in [2.24, 2.45) is 0 Å². The van der Waals surface area contributed by atoms with Crippen LogP contribution in [0.5, 0.6) is 0 Å². The molecule has 1 unspecified atom stereocenters. The number of aliphatic hydroxyl groups excluding tert-OH is 1. The SMILES string of the molecule is Cc1nc(CCNC(=O)NCC(O)c2ccsc2)cs1. The number of urea groups is 1. The molecule has 2 amide bonds. The van der Waals surface area contributed by atoms with Gasteiger partial charge in [-0.2, -0.15) is 11.3 Å². The van der Waals surface area contributed by atoms with Crippen molar-refractivity contribution in [3.8, 4) is 0 Å². The van der Waals surface area contributed by atoms with Crippen molar-refractivity contribution in [2.45, 2.75) is 19.4 Å². The van der Waals surface area contributed by atoms with Gasteiger partial charge in [-0.1, -0.05) is 0 Å². The van der Waals surface area contributed by atoms with E-state index in [9.17, 15) is 9.90 Å². The van der Waals surface area contributed by atoms with Crippen LogP contribution < -0.4 is 10.6 Å². The summed E-state index contributed by atoms with van der Waals surface area (Å²) in [6.45, 7) is 2.70. The molecule has 0 saturated heterocycles. The van der Waals surface area contributed by atoms with Gasteiger partial charge in [0.25, 0.3) is 0 Å². The van der Waals surface area contributed by atoms with Crippen LogP contribution in [-0.4, -0.2) is 29.2 Å². The quantitative estimate of drug-likeness (QED) is 0.765. The summed E-state index contributed by atoms with van der Waals surface area (Å²) in [7, 11) is 0. The Morgan fingerprint density at radius 1 is 1.45 bits per heavy atom. The molecule has 0 fully saturated rings. The third-order valence-corrected chi connectivity index (χ3v) is 4.24. The number of nitrogens with one attached hydrogen (secondary N) is 2. The van der Waals surface area contributed by atoms with Gasteiger partial charge >= 0.3 is 6.03 Å². The topological polar surface area (TPSA) is 74.2 Å². The van der Waals surface area contributed by atoms with E-state index < -0.39 is 6.10 Å². The number of aromatic nitrogens is 1. The predicted octanol–water partition coefficient (Wildman–Crippen LogP) is 2.09. The molecule has 0 spiro atoms.